The zero-order valence-corrected chi connectivity index (χ0v) is 14.7. The van der Waals surface area contributed by atoms with Gasteiger partial charge in [-0.2, -0.15) is 0 Å². The number of anilines is 2. The second kappa shape index (κ2) is 6.04. The van der Waals surface area contributed by atoms with Crippen molar-refractivity contribution in [3.8, 4) is 0 Å². The third-order valence-corrected chi connectivity index (χ3v) is 5.44. The minimum atomic E-state index is -3.82. The van der Waals surface area contributed by atoms with Gasteiger partial charge in [-0.05, 0) is 42.8 Å². The third-order valence-electron chi connectivity index (χ3n) is 2.77. The minimum absolute atomic E-state index is 0.0142. The molecule has 0 saturated heterocycles. The number of nitrogen functional groups attached to an aromatic ring is 1. The van der Waals surface area contributed by atoms with E-state index in [1.165, 1.54) is 18.2 Å². The molecule has 0 aromatic heterocycles. The number of aryl methyl sites for hydroxylation is 1. The Morgan fingerprint density at radius 3 is 2.43 bits per heavy atom. The average Bonchev–Trinajstić information content (AvgIpc) is 2.35. The topological polar surface area (TPSA) is 72.2 Å². The molecule has 0 heterocycles. The predicted octanol–water partition coefficient (Wildman–Crippen LogP) is 4.45. The number of sulfonamides is 1. The molecule has 0 amide bonds. The summed E-state index contributed by atoms with van der Waals surface area (Å²) in [6.45, 7) is 1.73. The molecule has 0 unspecified atom stereocenters. The molecule has 8 heteroatoms. The second-order valence-electron chi connectivity index (χ2n) is 4.37. The SMILES string of the molecule is Cc1cc(N)c(Cl)cc1NS(=O)(=O)c1ccc(Br)cc1Cl. The van der Waals surface area contributed by atoms with E-state index in [1.807, 2.05) is 0 Å². The van der Waals surface area contributed by atoms with Crippen LogP contribution in [0.2, 0.25) is 10.0 Å². The molecule has 0 saturated carbocycles. The van der Waals surface area contributed by atoms with Crippen LogP contribution in [-0.2, 0) is 10.0 Å². The normalized spacial score (nSPS) is 11.4. The first-order chi connectivity index (χ1) is 9.70. The Morgan fingerprint density at radius 1 is 1.14 bits per heavy atom. The van der Waals surface area contributed by atoms with Crippen molar-refractivity contribution >= 4 is 60.5 Å². The van der Waals surface area contributed by atoms with Gasteiger partial charge in [-0.25, -0.2) is 8.42 Å². The number of halogens is 3. The van der Waals surface area contributed by atoms with Crippen LogP contribution in [0, 0.1) is 6.92 Å². The average molecular weight is 410 g/mol. The van der Waals surface area contributed by atoms with Gasteiger partial charge in [0, 0.05) is 4.47 Å². The molecule has 2 aromatic carbocycles. The zero-order chi connectivity index (χ0) is 15.8. The van der Waals surface area contributed by atoms with Crippen LogP contribution < -0.4 is 10.5 Å². The summed E-state index contributed by atoms with van der Waals surface area (Å²) in [6, 6.07) is 7.60. The van der Waals surface area contributed by atoms with Gasteiger partial charge >= 0.3 is 0 Å². The Morgan fingerprint density at radius 2 is 1.81 bits per heavy atom. The Kier molecular flexibility index (Phi) is 4.72. The van der Waals surface area contributed by atoms with E-state index in [0.29, 0.717) is 21.4 Å². The van der Waals surface area contributed by atoms with Gasteiger partial charge in [0.1, 0.15) is 4.90 Å². The largest absolute Gasteiger partial charge is 0.398 e. The molecule has 0 radical (unpaired) electrons. The van der Waals surface area contributed by atoms with Crippen LogP contribution in [0.3, 0.4) is 0 Å². The van der Waals surface area contributed by atoms with Gasteiger partial charge in [0.05, 0.1) is 21.4 Å². The first kappa shape index (κ1) is 16.4. The minimum Gasteiger partial charge on any atom is -0.398 e. The summed E-state index contributed by atoms with van der Waals surface area (Å²) in [5, 5.41) is 0.399. The summed E-state index contributed by atoms with van der Waals surface area (Å²) in [6.07, 6.45) is 0. The Labute approximate surface area is 141 Å². The van der Waals surface area contributed by atoms with Crippen LogP contribution in [0.25, 0.3) is 0 Å². The van der Waals surface area contributed by atoms with Crippen LogP contribution >= 0.6 is 39.1 Å². The molecule has 0 atom stereocenters. The Balaban J connectivity index is 2.45. The van der Waals surface area contributed by atoms with E-state index in [4.69, 9.17) is 28.9 Å². The number of hydrogen-bond acceptors (Lipinski definition) is 3. The molecule has 0 aliphatic heterocycles. The van der Waals surface area contributed by atoms with Crippen molar-refractivity contribution < 1.29 is 8.42 Å². The Bertz CT molecular complexity index is 810. The quantitative estimate of drug-likeness (QED) is 0.735. The highest BCUT2D eigenvalue weighted by Gasteiger charge is 2.19. The van der Waals surface area contributed by atoms with Crippen molar-refractivity contribution in [2.75, 3.05) is 10.5 Å². The maximum Gasteiger partial charge on any atom is 0.263 e. The molecular formula is C13H11BrCl2N2O2S. The van der Waals surface area contributed by atoms with Crippen LogP contribution in [0.15, 0.2) is 39.7 Å². The second-order valence-corrected chi connectivity index (χ2v) is 7.75. The summed E-state index contributed by atoms with van der Waals surface area (Å²) in [5.41, 5.74) is 7.07. The predicted molar refractivity (Wildman–Crippen MR) is 90.6 cm³/mol. The lowest BCUT2D eigenvalue weighted by Gasteiger charge is -2.13. The fraction of sp³-hybridized carbons (Fsp3) is 0.0769. The summed E-state index contributed by atoms with van der Waals surface area (Å²) >= 11 is 15.1. The van der Waals surface area contributed by atoms with Crippen LogP contribution in [-0.4, -0.2) is 8.42 Å². The molecule has 3 N–H and O–H groups in total. The van der Waals surface area contributed by atoms with Crippen molar-refractivity contribution in [2.45, 2.75) is 11.8 Å². The van der Waals surface area contributed by atoms with E-state index in [1.54, 1.807) is 19.1 Å². The zero-order valence-electron chi connectivity index (χ0n) is 10.8. The summed E-state index contributed by atoms with van der Waals surface area (Å²) in [4.78, 5) is -0.0142. The lowest BCUT2D eigenvalue weighted by atomic mass is 10.2. The smallest absolute Gasteiger partial charge is 0.263 e. The monoisotopic (exact) mass is 408 g/mol. The maximum atomic E-state index is 12.4. The molecular weight excluding hydrogens is 399 g/mol. The molecule has 4 nitrogen and oxygen atoms in total. The fourth-order valence-electron chi connectivity index (χ4n) is 1.71. The van der Waals surface area contributed by atoms with Gasteiger partial charge in [0.25, 0.3) is 10.0 Å². The van der Waals surface area contributed by atoms with Crippen LogP contribution in [0.1, 0.15) is 5.56 Å². The van der Waals surface area contributed by atoms with Gasteiger partial charge in [-0.1, -0.05) is 39.1 Å². The molecule has 2 rings (SSSR count). The molecule has 0 bridgehead atoms. The van der Waals surface area contributed by atoms with Crippen molar-refractivity contribution in [2.24, 2.45) is 0 Å². The van der Waals surface area contributed by atoms with E-state index >= 15 is 0 Å². The highest BCUT2D eigenvalue weighted by molar-refractivity contribution is 9.10. The number of nitrogens with two attached hydrogens (primary N) is 1. The molecule has 0 aliphatic carbocycles. The van der Waals surface area contributed by atoms with Gasteiger partial charge < -0.3 is 5.73 Å². The fourth-order valence-corrected chi connectivity index (χ4v) is 4.03. The van der Waals surface area contributed by atoms with Gasteiger partial charge in [0.15, 0.2) is 0 Å². The van der Waals surface area contributed by atoms with Crippen LogP contribution in [0.4, 0.5) is 11.4 Å². The van der Waals surface area contributed by atoms with Crippen molar-refractivity contribution in [1.29, 1.82) is 0 Å². The molecule has 112 valence electrons. The standard InChI is InChI=1S/C13H11BrCl2N2O2S/c1-7-4-11(17)9(15)6-12(7)18-21(19,20)13-3-2-8(14)5-10(13)16/h2-6,18H,17H2,1H3. The molecule has 0 aliphatic rings. The first-order valence-electron chi connectivity index (χ1n) is 5.74. The number of nitrogens with one attached hydrogen (secondary N) is 1. The summed E-state index contributed by atoms with van der Waals surface area (Å²) < 4.78 is 28.0. The van der Waals surface area contributed by atoms with E-state index in [0.717, 1.165) is 0 Å². The lowest BCUT2D eigenvalue weighted by molar-refractivity contribution is 0.601. The van der Waals surface area contributed by atoms with E-state index < -0.39 is 10.0 Å². The highest BCUT2D eigenvalue weighted by atomic mass is 79.9. The molecule has 0 fully saturated rings. The van der Waals surface area contributed by atoms with Gasteiger partial charge in [-0.15, -0.1) is 0 Å². The maximum absolute atomic E-state index is 12.4. The third kappa shape index (κ3) is 3.63. The van der Waals surface area contributed by atoms with Gasteiger partial charge in [0.2, 0.25) is 0 Å². The summed E-state index contributed by atoms with van der Waals surface area (Å²) in [7, 11) is -3.82. The highest BCUT2D eigenvalue weighted by Crippen LogP contribution is 2.30. The number of benzene rings is 2. The molecule has 21 heavy (non-hydrogen) atoms. The van der Waals surface area contributed by atoms with Crippen LogP contribution in [0.5, 0.6) is 0 Å². The van der Waals surface area contributed by atoms with Gasteiger partial charge in [-0.3, -0.25) is 4.72 Å². The van der Waals surface area contributed by atoms with E-state index in [-0.39, 0.29) is 14.9 Å². The van der Waals surface area contributed by atoms with Crippen molar-refractivity contribution in [1.82, 2.24) is 0 Å². The first-order valence-corrected chi connectivity index (χ1v) is 8.77. The van der Waals surface area contributed by atoms with E-state index in [9.17, 15) is 8.42 Å². The van der Waals surface area contributed by atoms with E-state index in [2.05, 4.69) is 20.7 Å². The van der Waals surface area contributed by atoms with Crippen molar-refractivity contribution in [3.63, 3.8) is 0 Å². The molecule has 2 aromatic rings. The Hall–Kier alpha value is -0.950. The number of hydrogen-bond donors (Lipinski definition) is 2. The van der Waals surface area contributed by atoms with Crippen molar-refractivity contribution in [3.05, 3.63) is 50.4 Å². The number of rotatable bonds is 3. The molecule has 0 spiro atoms. The lowest BCUT2D eigenvalue weighted by Crippen LogP contribution is -2.14. The summed E-state index contributed by atoms with van der Waals surface area (Å²) in [5.74, 6) is 0.